The van der Waals surface area contributed by atoms with E-state index in [0.717, 1.165) is 28.9 Å². The summed E-state index contributed by atoms with van der Waals surface area (Å²) >= 11 is 0. The molecule has 4 fully saturated rings. The maximum Gasteiger partial charge on any atom is 0.490 e. The van der Waals surface area contributed by atoms with Gasteiger partial charge in [-0.05, 0) is 103 Å². The minimum Gasteiger partial charge on any atom is -0.475 e. The average Bonchev–Trinajstić information content (AvgIpc) is 2.77. The highest BCUT2D eigenvalue weighted by Crippen LogP contribution is 2.61. The van der Waals surface area contributed by atoms with Gasteiger partial charge in [0.1, 0.15) is 0 Å². The van der Waals surface area contributed by atoms with Crippen LogP contribution in [0.4, 0.5) is 13.2 Å². The van der Waals surface area contributed by atoms with Crippen molar-refractivity contribution in [3.8, 4) is 11.1 Å². The summed E-state index contributed by atoms with van der Waals surface area (Å²) in [4.78, 5) is 20.3. The van der Waals surface area contributed by atoms with Crippen LogP contribution in [0.15, 0.2) is 48.5 Å². The Morgan fingerprint density at radius 3 is 1.91 bits per heavy atom. The smallest absolute Gasteiger partial charge is 0.475 e. The number of nitrogens with two attached hydrogens (primary N) is 1. The number of benzene rings is 2. The quantitative estimate of drug-likeness (QED) is 0.540. The van der Waals surface area contributed by atoms with Crippen LogP contribution in [0.5, 0.6) is 0 Å². The van der Waals surface area contributed by atoms with E-state index < -0.39 is 12.1 Å². The normalized spacial score (nSPS) is 27.1. The van der Waals surface area contributed by atoms with E-state index in [0.29, 0.717) is 11.0 Å². The van der Waals surface area contributed by atoms with E-state index in [-0.39, 0.29) is 5.91 Å². The highest BCUT2D eigenvalue weighted by molar-refractivity contribution is 5.94. The predicted molar refractivity (Wildman–Crippen MR) is 123 cm³/mol. The third-order valence-corrected chi connectivity index (χ3v) is 7.79. The Bertz CT molecular complexity index is 1010. The first-order chi connectivity index (χ1) is 16.0. The number of hydrogen-bond acceptors (Lipinski definition) is 2. The Kier molecular flexibility index (Phi) is 6.74. The lowest BCUT2D eigenvalue weighted by molar-refractivity contribution is -0.192. The molecule has 182 valence electrons. The summed E-state index contributed by atoms with van der Waals surface area (Å²) in [6.07, 6.45) is 6.56. The van der Waals surface area contributed by atoms with Crippen LogP contribution < -0.4 is 5.73 Å². The van der Waals surface area contributed by atoms with Crippen LogP contribution in [0.1, 0.15) is 60.9 Å². The molecule has 4 nitrogen and oxygen atoms in total. The van der Waals surface area contributed by atoms with Crippen molar-refractivity contribution < 1.29 is 27.9 Å². The van der Waals surface area contributed by atoms with E-state index in [9.17, 15) is 18.0 Å². The first-order valence-electron chi connectivity index (χ1n) is 11.8. The number of aliphatic carboxylic acids is 1. The number of aryl methyl sites for hydroxylation is 1. The number of carbonyl (C=O) groups excluding carboxylic acids is 1. The zero-order valence-corrected chi connectivity index (χ0v) is 19.0. The van der Waals surface area contributed by atoms with Gasteiger partial charge in [0.2, 0.25) is 5.91 Å². The van der Waals surface area contributed by atoms with Crippen molar-refractivity contribution in [2.75, 3.05) is 0 Å². The van der Waals surface area contributed by atoms with Gasteiger partial charge in [-0.15, -0.1) is 0 Å². The number of hydrogen-bond donors (Lipinski definition) is 2. The molecule has 4 saturated carbocycles. The standard InChI is InChI=1S/C25H29NO.C2HF3O2/c26-24(27)23-3-1-2-22(13-23)21-6-4-17(5-7-21)8-9-25-14-18-10-19(15-25)12-20(11-18)16-25;3-2(4,5)1(6)7/h1-7,13,18-20H,8-12,14-16H2,(H2,26,27);(H,6,7). The molecule has 3 N–H and O–H groups in total. The summed E-state index contributed by atoms with van der Waals surface area (Å²) in [5.41, 5.74) is 10.3. The molecule has 4 aliphatic carbocycles. The van der Waals surface area contributed by atoms with Gasteiger partial charge in [0.05, 0.1) is 0 Å². The summed E-state index contributed by atoms with van der Waals surface area (Å²) in [5, 5.41) is 7.12. The fourth-order valence-corrected chi connectivity index (χ4v) is 6.72. The van der Waals surface area contributed by atoms with E-state index in [1.54, 1.807) is 6.07 Å². The molecule has 0 atom stereocenters. The van der Waals surface area contributed by atoms with Crippen molar-refractivity contribution in [3.05, 3.63) is 59.7 Å². The molecule has 34 heavy (non-hydrogen) atoms. The lowest BCUT2D eigenvalue weighted by Gasteiger charge is -2.57. The summed E-state index contributed by atoms with van der Waals surface area (Å²) in [5.74, 6) is -0.0139. The monoisotopic (exact) mass is 473 g/mol. The second kappa shape index (κ2) is 9.43. The fourth-order valence-electron chi connectivity index (χ4n) is 6.72. The SMILES string of the molecule is NC(=O)c1cccc(-c2ccc(CCC34CC5CC(CC(C5)C3)C4)cc2)c1.O=C(O)C(F)(F)F. The van der Waals surface area contributed by atoms with Crippen LogP contribution in [-0.2, 0) is 11.2 Å². The first-order valence-corrected chi connectivity index (χ1v) is 11.8. The molecular weight excluding hydrogens is 443 g/mol. The maximum atomic E-state index is 11.4. The van der Waals surface area contributed by atoms with Crippen molar-refractivity contribution in [3.63, 3.8) is 0 Å². The third kappa shape index (κ3) is 5.62. The molecule has 6 rings (SSSR count). The molecule has 0 aliphatic heterocycles. The van der Waals surface area contributed by atoms with Gasteiger partial charge in [0, 0.05) is 5.56 Å². The number of halogens is 3. The molecule has 1 amide bonds. The molecular formula is C27H30F3NO3. The Morgan fingerprint density at radius 1 is 0.912 bits per heavy atom. The maximum absolute atomic E-state index is 11.4. The van der Waals surface area contributed by atoms with Crippen molar-refractivity contribution in [2.24, 2.45) is 28.9 Å². The Labute approximate surface area is 197 Å². The van der Waals surface area contributed by atoms with Gasteiger partial charge in [-0.2, -0.15) is 13.2 Å². The number of amides is 1. The van der Waals surface area contributed by atoms with Gasteiger partial charge in [-0.25, -0.2) is 4.79 Å². The van der Waals surface area contributed by atoms with Crippen LogP contribution in [0.25, 0.3) is 11.1 Å². The summed E-state index contributed by atoms with van der Waals surface area (Å²) in [7, 11) is 0. The summed E-state index contributed by atoms with van der Waals surface area (Å²) < 4.78 is 31.7. The number of carboxylic acid groups (broad SMARTS) is 1. The Morgan fingerprint density at radius 2 is 1.44 bits per heavy atom. The molecule has 7 heteroatoms. The highest BCUT2D eigenvalue weighted by Gasteiger charge is 2.50. The molecule has 0 saturated heterocycles. The number of alkyl halides is 3. The second-order valence-corrected chi connectivity index (χ2v) is 10.4. The lowest BCUT2D eigenvalue weighted by Crippen LogP contribution is -2.46. The minimum atomic E-state index is -5.08. The van der Waals surface area contributed by atoms with Crippen LogP contribution in [-0.4, -0.2) is 23.2 Å². The molecule has 0 radical (unpaired) electrons. The molecule has 0 aromatic heterocycles. The minimum absolute atomic E-state index is 0.371. The Balaban J connectivity index is 0.000000344. The van der Waals surface area contributed by atoms with Crippen LogP contribution in [0, 0.1) is 23.2 Å². The van der Waals surface area contributed by atoms with E-state index >= 15 is 0 Å². The van der Waals surface area contributed by atoms with Crippen LogP contribution >= 0.6 is 0 Å². The zero-order valence-electron chi connectivity index (χ0n) is 19.0. The molecule has 4 aliphatic rings. The van der Waals surface area contributed by atoms with Gasteiger partial charge >= 0.3 is 12.1 Å². The number of primary amides is 1. The first kappa shape index (κ1) is 24.3. The number of rotatable bonds is 5. The summed E-state index contributed by atoms with van der Waals surface area (Å²) in [6, 6.07) is 16.5. The van der Waals surface area contributed by atoms with E-state index in [1.807, 2.05) is 18.2 Å². The van der Waals surface area contributed by atoms with Gasteiger partial charge in [-0.3, -0.25) is 4.79 Å². The topological polar surface area (TPSA) is 80.4 Å². The van der Waals surface area contributed by atoms with Gasteiger partial charge in [0.25, 0.3) is 0 Å². The number of carboxylic acids is 1. The number of carbonyl (C=O) groups is 2. The van der Waals surface area contributed by atoms with Crippen molar-refractivity contribution >= 4 is 11.9 Å². The average molecular weight is 474 g/mol. The molecule has 2 aromatic rings. The van der Waals surface area contributed by atoms with Crippen molar-refractivity contribution in [1.82, 2.24) is 0 Å². The molecule has 0 heterocycles. The third-order valence-electron chi connectivity index (χ3n) is 7.79. The van der Waals surface area contributed by atoms with Gasteiger partial charge in [0.15, 0.2) is 0 Å². The van der Waals surface area contributed by atoms with E-state index in [1.165, 1.54) is 56.9 Å². The summed E-state index contributed by atoms with van der Waals surface area (Å²) in [6.45, 7) is 0. The zero-order chi connectivity index (χ0) is 24.5. The lowest BCUT2D eigenvalue weighted by atomic mass is 9.48. The highest BCUT2D eigenvalue weighted by atomic mass is 19.4. The van der Waals surface area contributed by atoms with Crippen molar-refractivity contribution in [2.45, 2.75) is 57.5 Å². The van der Waals surface area contributed by atoms with Gasteiger partial charge in [-0.1, -0.05) is 36.4 Å². The van der Waals surface area contributed by atoms with Crippen LogP contribution in [0.2, 0.25) is 0 Å². The fraction of sp³-hybridized carbons (Fsp3) is 0.481. The second-order valence-electron chi connectivity index (χ2n) is 10.4. The van der Waals surface area contributed by atoms with Crippen molar-refractivity contribution in [1.29, 1.82) is 0 Å². The van der Waals surface area contributed by atoms with Gasteiger partial charge < -0.3 is 10.8 Å². The largest absolute Gasteiger partial charge is 0.490 e. The molecule has 2 aromatic carbocycles. The molecule has 0 spiro atoms. The van der Waals surface area contributed by atoms with Crippen LogP contribution in [0.3, 0.4) is 0 Å². The predicted octanol–water partition coefficient (Wildman–Crippen LogP) is 6.23. The molecule has 4 bridgehead atoms. The van der Waals surface area contributed by atoms with E-state index in [4.69, 9.17) is 15.6 Å². The van der Waals surface area contributed by atoms with E-state index in [2.05, 4.69) is 24.3 Å². The Hall–Kier alpha value is -2.83. The molecule has 0 unspecified atom stereocenters.